The topological polar surface area (TPSA) is 171 Å². The third kappa shape index (κ3) is 6.39. The van der Waals surface area contributed by atoms with Crippen LogP contribution in [-0.2, 0) is 32.7 Å². The summed E-state index contributed by atoms with van der Waals surface area (Å²) in [5.41, 5.74) is 1.20. The van der Waals surface area contributed by atoms with Crippen molar-refractivity contribution in [3.63, 3.8) is 0 Å². The van der Waals surface area contributed by atoms with Crippen LogP contribution in [0.2, 0.25) is 0 Å². The highest BCUT2D eigenvalue weighted by Gasteiger charge is 2.56. The molecule has 1 aliphatic carbocycles. The van der Waals surface area contributed by atoms with Crippen LogP contribution in [0.15, 0.2) is 79.1 Å². The minimum Gasteiger partial charge on any atom is -0.493 e. The first-order chi connectivity index (χ1) is 23.9. The summed E-state index contributed by atoms with van der Waals surface area (Å²) in [4.78, 5) is 44.8. The highest BCUT2D eigenvalue weighted by Crippen LogP contribution is 2.47. The molecule has 1 saturated carbocycles. The second-order valence-corrected chi connectivity index (χ2v) is 13.8. The molecule has 0 atom stereocenters. The minimum absolute atomic E-state index is 0.0824. The molecule has 1 aliphatic heterocycles. The summed E-state index contributed by atoms with van der Waals surface area (Å²) in [5.74, 6) is -0.0575. The van der Waals surface area contributed by atoms with Crippen LogP contribution in [0.5, 0.6) is 23.0 Å². The number of amides is 3. The first-order valence-corrected chi connectivity index (χ1v) is 17.1. The van der Waals surface area contributed by atoms with Crippen LogP contribution >= 0.6 is 0 Å². The highest BCUT2D eigenvalue weighted by atomic mass is 32.2. The molecule has 3 amide bonds. The van der Waals surface area contributed by atoms with Gasteiger partial charge < -0.3 is 24.8 Å². The van der Waals surface area contributed by atoms with Crippen LogP contribution in [-0.4, -0.2) is 58.8 Å². The molecule has 7 rings (SSSR count). The zero-order valence-corrected chi connectivity index (χ0v) is 27.5. The summed E-state index contributed by atoms with van der Waals surface area (Å²) in [7, 11) is -2.11. The Morgan fingerprint density at radius 1 is 0.880 bits per heavy atom. The minimum atomic E-state index is -3.54. The predicted octanol–water partition coefficient (Wildman–Crippen LogP) is 5.05. The second-order valence-electron chi connectivity index (χ2n) is 11.9. The van der Waals surface area contributed by atoms with Gasteiger partial charge in [0.1, 0.15) is 22.7 Å². The zero-order valence-electron chi connectivity index (χ0n) is 26.7. The normalized spacial score (nSPS) is 14.5. The molecule has 14 nitrogen and oxygen atoms in total. The van der Waals surface area contributed by atoms with Crippen molar-refractivity contribution in [2.75, 3.05) is 24.0 Å². The Hall–Kier alpha value is -6.03. The van der Waals surface area contributed by atoms with E-state index in [1.807, 2.05) is 0 Å². The fraction of sp³-hybridized carbons (Fsp3) is 0.206. The fourth-order valence-electron chi connectivity index (χ4n) is 5.49. The van der Waals surface area contributed by atoms with E-state index in [4.69, 9.17) is 14.2 Å². The van der Waals surface area contributed by atoms with Gasteiger partial charge in [-0.05, 0) is 73.5 Å². The van der Waals surface area contributed by atoms with E-state index in [1.165, 1.54) is 48.7 Å². The molecule has 16 heteroatoms. The van der Waals surface area contributed by atoms with E-state index >= 15 is 0 Å². The van der Waals surface area contributed by atoms with E-state index in [2.05, 4.69) is 20.7 Å². The lowest BCUT2D eigenvalue weighted by atomic mass is 10.0. The van der Waals surface area contributed by atoms with Crippen LogP contribution < -0.4 is 24.8 Å². The van der Waals surface area contributed by atoms with E-state index in [1.54, 1.807) is 42.5 Å². The maximum Gasteiger partial charge on any atom is 0.416 e. The fourth-order valence-corrected chi connectivity index (χ4v) is 6.06. The molecule has 3 aromatic carbocycles. The number of carbonyl (C=O) groups is 3. The molecule has 1 fully saturated rings. The number of nitrogens with one attached hydrogen (secondary N) is 2. The van der Waals surface area contributed by atoms with Crippen molar-refractivity contribution in [1.82, 2.24) is 19.1 Å². The molecule has 3 heterocycles. The van der Waals surface area contributed by atoms with Gasteiger partial charge in [0.05, 0.1) is 37.7 Å². The number of ether oxygens (including phenoxy) is 3. The molecule has 0 radical (unpaired) electrons. The number of hydrogen-bond acceptors (Lipinski definition) is 10. The summed E-state index contributed by atoms with van der Waals surface area (Å²) >= 11 is 0. The van der Waals surface area contributed by atoms with Crippen LogP contribution in [0.25, 0.3) is 10.9 Å². The molecule has 2 N–H and O–H groups in total. The molecule has 2 aromatic heterocycles. The summed E-state index contributed by atoms with van der Waals surface area (Å²) in [6, 6.07) is 16.8. The first-order valence-electron chi connectivity index (χ1n) is 15.3. The highest BCUT2D eigenvalue weighted by molar-refractivity contribution is 7.89. The van der Waals surface area contributed by atoms with E-state index in [9.17, 15) is 27.2 Å². The Labute approximate surface area is 284 Å². The second kappa shape index (κ2) is 12.5. The van der Waals surface area contributed by atoms with Crippen molar-refractivity contribution in [3.05, 3.63) is 96.2 Å². The molecule has 5 aromatic rings. The van der Waals surface area contributed by atoms with Crippen molar-refractivity contribution in [2.45, 2.75) is 25.9 Å². The number of methoxy groups -OCH3 is 1. The maximum absolute atomic E-state index is 13.2. The van der Waals surface area contributed by atoms with Gasteiger partial charge in [-0.2, -0.15) is 9.19 Å². The molecule has 0 spiro atoms. The van der Waals surface area contributed by atoms with E-state index in [0.29, 0.717) is 57.9 Å². The third-order valence-corrected chi connectivity index (χ3v) is 9.27. The number of halogens is 1. The monoisotopic (exact) mass is 700 g/mol. The predicted molar refractivity (Wildman–Crippen MR) is 178 cm³/mol. The van der Waals surface area contributed by atoms with Gasteiger partial charge in [-0.25, -0.2) is 17.6 Å². The van der Waals surface area contributed by atoms with Crippen molar-refractivity contribution in [3.8, 4) is 23.0 Å². The van der Waals surface area contributed by atoms with Crippen molar-refractivity contribution < 1.29 is 41.4 Å². The molecular weight excluding hydrogens is 671 g/mol. The standard InChI is InChI=1S/C34H29FN6O8S/c1-47-29-15-25-26(16-30(29)49-33(44)40-17-20-18-41(50(2,45)46)39-27(20)19-40)36-14-11-28(25)48-24-9-7-23(8-10-24)38-32(43)34(12-13-34)31(42)37-22-5-3-21(35)4-6-22/h3-11,14-16,18H,12-13,17,19H2,1-2H3,(H,37,42)(H,38,43). The van der Waals surface area contributed by atoms with Crippen molar-refractivity contribution in [2.24, 2.45) is 5.41 Å². The number of carbonyl (C=O) groups excluding carboxylic acids is 3. The maximum atomic E-state index is 13.2. The smallest absolute Gasteiger partial charge is 0.416 e. The van der Waals surface area contributed by atoms with Crippen LogP contribution in [0.1, 0.15) is 24.1 Å². The molecule has 50 heavy (non-hydrogen) atoms. The van der Waals surface area contributed by atoms with E-state index < -0.39 is 39.2 Å². The molecule has 0 unspecified atom stereocenters. The lowest BCUT2D eigenvalue weighted by Crippen LogP contribution is -2.35. The number of nitrogens with zero attached hydrogens (tertiary/aromatic N) is 4. The van der Waals surface area contributed by atoms with Gasteiger partial charge in [-0.3, -0.25) is 19.5 Å². The Morgan fingerprint density at radius 3 is 2.14 bits per heavy atom. The van der Waals surface area contributed by atoms with Crippen molar-refractivity contribution >= 4 is 50.2 Å². The van der Waals surface area contributed by atoms with Gasteiger partial charge in [0.25, 0.3) is 10.0 Å². The zero-order chi connectivity index (χ0) is 35.2. The van der Waals surface area contributed by atoms with Crippen LogP contribution in [0.3, 0.4) is 0 Å². The van der Waals surface area contributed by atoms with Crippen LogP contribution in [0, 0.1) is 11.2 Å². The Kier molecular flexibility index (Phi) is 8.10. The average Bonchev–Trinajstić information content (AvgIpc) is 3.65. The number of pyridine rings is 1. The Morgan fingerprint density at radius 2 is 1.54 bits per heavy atom. The summed E-state index contributed by atoms with van der Waals surface area (Å²) in [6.07, 6.45) is 4.08. The summed E-state index contributed by atoms with van der Waals surface area (Å²) in [5, 5.41) is 10.1. The molecule has 0 bridgehead atoms. The average molecular weight is 701 g/mol. The molecule has 0 saturated heterocycles. The molecular formula is C34H29FN6O8S. The first kappa shape index (κ1) is 32.5. The SMILES string of the molecule is COc1cc2c(Oc3ccc(NC(=O)C4(C(=O)Nc5ccc(F)cc5)CC4)cc3)ccnc2cc1OC(=O)N1Cc2cn(S(C)(=O)=O)nc2C1. The summed E-state index contributed by atoms with van der Waals surface area (Å²) < 4.78 is 55.0. The largest absolute Gasteiger partial charge is 0.493 e. The van der Waals surface area contributed by atoms with Crippen molar-refractivity contribution in [1.29, 1.82) is 0 Å². The van der Waals surface area contributed by atoms with Crippen LogP contribution in [0.4, 0.5) is 20.6 Å². The lowest BCUT2D eigenvalue weighted by molar-refractivity contribution is -0.131. The van der Waals surface area contributed by atoms with Gasteiger partial charge in [-0.15, -0.1) is 0 Å². The third-order valence-electron chi connectivity index (χ3n) is 8.40. The van der Waals surface area contributed by atoms with Gasteiger partial charge >= 0.3 is 6.09 Å². The number of benzene rings is 3. The number of anilines is 2. The number of fused-ring (bicyclic) bond motifs is 2. The number of hydrogen-bond donors (Lipinski definition) is 2. The molecule has 2 aliphatic rings. The van der Waals surface area contributed by atoms with E-state index in [-0.39, 0.29) is 24.6 Å². The molecule has 256 valence electrons. The Balaban J connectivity index is 1.01. The van der Waals surface area contributed by atoms with E-state index in [0.717, 1.165) is 10.3 Å². The van der Waals surface area contributed by atoms with Gasteiger partial charge in [0.15, 0.2) is 11.5 Å². The van der Waals surface area contributed by atoms with Gasteiger partial charge in [0.2, 0.25) is 11.8 Å². The Bertz CT molecular complexity index is 2250. The number of rotatable bonds is 9. The quantitative estimate of drug-likeness (QED) is 0.198. The number of aromatic nitrogens is 3. The lowest BCUT2D eigenvalue weighted by Gasteiger charge is -2.17. The van der Waals surface area contributed by atoms with Gasteiger partial charge in [-0.1, -0.05) is 0 Å². The summed E-state index contributed by atoms with van der Waals surface area (Å²) in [6.45, 7) is 0.213. The van der Waals surface area contributed by atoms with Gasteiger partial charge in [0, 0.05) is 40.8 Å².